The van der Waals surface area contributed by atoms with Gasteiger partial charge < -0.3 is 5.11 Å². The number of benzene rings is 1. The summed E-state index contributed by atoms with van der Waals surface area (Å²) in [4.78, 5) is 10.7. The molecule has 1 heterocycles. The molecule has 0 saturated heterocycles. The maximum atomic E-state index is 10.7. The second-order valence-electron chi connectivity index (χ2n) is 4.63. The molecule has 0 saturated carbocycles. The Morgan fingerprint density at radius 3 is 2.79 bits per heavy atom. The van der Waals surface area contributed by atoms with E-state index in [4.69, 9.17) is 5.11 Å². The van der Waals surface area contributed by atoms with E-state index in [1.54, 1.807) is 4.68 Å². The van der Waals surface area contributed by atoms with Gasteiger partial charge in [-0.1, -0.05) is 32.0 Å². The highest BCUT2D eigenvalue weighted by atomic mass is 16.4. The van der Waals surface area contributed by atoms with Crippen molar-refractivity contribution >= 4 is 5.97 Å². The zero-order valence-electron chi connectivity index (χ0n) is 10.9. The smallest absolute Gasteiger partial charge is 0.303 e. The monoisotopic (exact) mass is 260 g/mol. The number of carboxylic acids is 1. The Labute approximate surface area is 111 Å². The van der Waals surface area contributed by atoms with Gasteiger partial charge in [-0.3, -0.25) is 4.79 Å². The zero-order valence-corrected chi connectivity index (χ0v) is 10.9. The molecule has 6 heteroatoms. The molecule has 0 aliphatic carbocycles. The van der Waals surface area contributed by atoms with Crippen LogP contribution in [0.3, 0.4) is 0 Å². The standard InChI is InChI=1S/C13H16N4O2/c1-9(2)13-14-15-16-17(13)11-6-4-3-5-10(11)7-8-12(18)19/h3-6,9H,7-8H2,1-2H3,(H,18,19). The topological polar surface area (TPSA) is 80.9 Å². The van der Waals surface area contributed by atoms with E-state index >= 15 is 0 Å². The van der Waals surface area contributed by atoms with Crippen molar-refractivity contribution in [2.75, 3.05) is 0 Å². The van der Waals surface area contributed by atoms with Gasteiger partial charge in [-0.05, 0) is 28.5 Å². The molecule has 2 rings (SSSR count). The van der Waals surface area contributed by atoms with E-state index in [9.17, 15) is 4.79 Å². The molecule has 0 spiro atoms. The summed E-state index contributed by atoms with van der Waals surface area (Å²) >= 11 is 0. The molecule has 0 amide bonds. The van der Waals surface area contributed by atoms with Gasteiger partial charge in [-0.25, -0.2) is 0 Å². The summed E-state index contributed by atoms with van der Waals surface area (Å²) in [5.41, 5.74) is 1.77. The van der Waals surface area contributed by atoms with E-state index in [1.807, 2.05) is 38.1 Å². The van der Waals surface area contributed by atoms with Crippen LogP contribution in [0.1, 0.15) is 37.6 Å². The fraction of sp³-hybridized carbons (Fsp3) is 0.385. The largest absolute Gasteiger partial charge is 0.481 e. The lowest BCUT2D eigenvalue weighted by molar-refractivity contribution is -0.136. The zero-order chi connectivity index (χ0) is 13.8. The van der Waals surface area contributed by atoms with E-state index in [1.165, 1.54) is 0 Å². The van der Waals surface area contributed by atoms with Crippen molar-refractivity contribution < 1.29 is 9.90 Å². The Kier molecular flexibility index (Phi) is 3.89. The third-order valence-corrected chi connectivity index (χ3v) is 2.84. The number of tetrazole rings is 1. The van der Waals surface area contributed by atoms with Crippen LogP contribution in [0, 0.1) is 0 Å². The molecule has 0 bridgehead atoms. The average Bonchev–Trinajstić information content (AvgIpc) is 2.85. The minimum atomic E-state index is -0.810. The summed E-state index contributed by atoms with van der Waals surface area (Å²) in [6.45, 7) is 4.03. The molecule has 1 aromatic carbocycles. The molecule has 0 fully saturated rings. The SMILES string of the molecule is CC(C)c1nnnn1-c1ccccc1CCC(=O)O. The summed E-state index contributed by atoms with van der Waals surface area (Å²) in [7, 11) is 0. The van der Waals surface area contributed by atoms with Crippen molar-refractivity contribution in [3.05, 3.63) is 35.7 Å². The molecule has 0 atom stereocenters. The number of hydrogen-bond donors (Lipinski definition) is 1. The Morgan fingerprint density at radius 1 is 1.37 bits per heavy atom. The van der Waals surface area contributed by atoms with Crippen molar-refractivity contribution in [2.45, 2.75) is 32.6 Å². The first-order valence-electron chi connectivity index (χ1n) is 6.18. The van der Waals surface area contributed by atoms with E-state index in [0.29, 0.717) is 6.42 Å². The molecule has 100 valence electrons. The Hall–Kier alpha value is -2.24. The predicted molar refractivity (Wildman–Crippen MR) is 69.2 cm³/mol. The number of carbonyl (C=O) groups is 1. The van der Waals surface area contributed by atoms with Crippen LogP contribution in [-0.2, 0) is 11.2 Å². The lowest BCUT2D eigenvalue weighted by Gasteiger charge is -2.11. The van der Waals surface area contributed by atoms with Gasteiger partial charge >= 0.3 is 5.97 Å². The minimum Gasteiger partial charge on any atom is -0.481 e. The number of para-hydroxylation sites is 1. The molecular formula is C13H16N4O2. The molecule has 1 N–H and O–H groups in total. The second kappa shape index (κ2) is 5.60. The van der Waals surface area contributed by atoms with Crippen molar-refractivity contribution in [3.63, 3.8) is 0 Å². The van der Waals surface area contributed by atoms with Gasteiger partial charge in [-0.2, -0.15) is 4.68 Å². The molecular weight excluding hydrogens is 244 g/mol. The molecule has 0 aliphatic heterocycles. The molecule has 6 nitrogen and oxygen atoms in total. The average molecular weight is 260 g/mol. The molecule has 0 radical (unpaired) electrons. The van der Waals surface area contributed by atoms with Gasteiger partial charge in [0.15, 0.2) is 5.82 Å². The summed E-state index contributed by atoms with van der Waals surface area (Å²) in [6, 6.07) is 7.59. The molecule has 0 aliphatic rings. The number of aryl methyl sites for hydroxylation is 1. The fourth-order valence-corrected chi connectivity index (χ4v) is 1.90. The first-order chi connectivity index (χ1) is 9.09. The summed E-state index contributed by atoms with van der Waals surface area (Å²) in [5.74, 6) is 0.154. The highest BCUT2D eigenvalue weighted by Gasteiger charge is 2.14. The first-order valence-corrected chi connectivity index (χ1v) is 6.18. The number of hydrogen-bond acceptors (Lipinski definition) is 4. The maximum absolute atomic E-state index is 10.7. The van der Waals surface area contributed by atoms with E-state index < -0.39 is 5.97 Å². The third kappa shape index (κ3) is 2.96. The van der Waals surface area contributed by atoms with Crippen molar-refractivity contribution in [2.24, 2.45) is 0 Å². The van der Waals surface area contributed by atoms with Crippen LogP contribution >= 0.6 is 0 Å². The van der Waals surface area contributed by atoms with Crippen LogP contribution in [0.25, 0.3) is 5.69 Å². The lowest BCUT2D eigenvalue weighted by atomic mass is 10.1. The normalized spacial score (nSPS) is 10.9. The molecule has 0 unspecified atom stereocenters. The second-order valence-corrected chi connectivity index (χ2v) is 4.63. The third-order valence-electron chi connectivity index (χ3n) is 2.84. The van der Waals surface area contributed by atoms with Gasteiger partial charge in [-0.15, -0.1) is 5.10 Å². The fourth-order valence-electron chi connectivity index (χ4n) is 1.90. The first kappa shape index (κ1) is 13.2. The molecule has 19 heavy (non-hydrogen) atoms. The van der Waals surface area contributed by atoms with Gasteiger partial charge in [0.05, 0.1) is 5.69 Å². The lowest BCUT2D eigenvalue weighted by Crippen LogP contribution is -2.08. The van der Waals surface area contributed by atoms with E-state index in [0.717, 1.165) is 17.1 Å². The number of rotatable bonds is 5. The van der Waals surface area contributed by atoms with Gasteiger partial charge in [0.25, 0.3) is 0 Å². The van der Waals surface area contributed by atoms with Gasteiger partial charge in [0.2, 0.25) is 0 Å². The molecule has 1 aromatic heterocycles. The summed E-state index contributed by atoms with van der Waals surface area (Å²) in [6.07, 6.45) is 0.555. The molecule has 2 aromatic rings. The summed E-state index contributed by atoms with van der Waals surface area (Å²) in [5, 5.41) is 20.5. The predicted octanol–water partition coefficient (Wildman–Crippen LogP) is 1.80. The maximum Gasteiger partial charge on any atom is 0.303 e. The van der Waals surface area contributed by atoms with Gasteiger partial charge in [0.1, 0.15) is 0 Å². The van der Waals surface area contributed by atoms with Crippen molar-refractivity contribution in [3.8, 4) is 5.69 Å². The van der Waals surface area contributed by atoms with Crippen LogP contribution in [-0.4, -0.2) is 31.3 Å². The highest BCUT2D eigenvalue weighted by Crippen LogP contribution is 2.19. The van der Waals surface area contributed by atoms with Crippen LogP contribution in [0.15, 0.2) is 24.3 Å². The van der Waals surface area contributed by atoms with Gasteiger partial charge in [0, 0.05) is 12.3 Å². The highest BCUT2D eigenvalue weighted by molar-refractivity contribution is 5.67. The van der Waals surface area contributed by atoms with E-state index in [-0.39, 0.29) is 12.3 Å². The van der Waals surface area contributed by atoms with Crippen LogP contribution in [0.2, 0.25) is 0 Å². The van der Waals surface area contributed by atoms with E-state index in [2.05, 4.69) is 15.5 Å². The number of aromatic nitrogens is 4. The Morgan fingerprint density at radius 2 is 2.11 bits per heavy atom. The Bertz CT molecular complexity index is 578. The van der Waals surface area contributed by atoms with Crippen molar-refractivity contribution in [1.29, 1.82) is 0 Å². The summed E-state index contributed by atoms with van der Waals surface area (Å²) < 4.78 is 1.68. The quantitative estimate of drug-likeness (QED) is 0.886. The Balaban J connectivity index is 2.38. The van der Waals surface area contributed by atoms with Crippen molar-refractivity contribution in [1.82, 2.24) is 20.2 Å². The minimum absolute atomic E-state index is 0.0934. The number of aliphatic carboxylic acids is 1. The number of carboxylic acid groups (broad SMARTS) is 1. The number of nitrogens with zero attached hydrogens (tertiary/aromatic N) is 4. The van der Waals surface area contributed by atoms with Crippen LogP contribution in [0.4, 0.5) is 0 Å². The van der Waals surface area contributed by atoms with Crippen LogP contribution < -0.4 is 0 Å². The van der Waals surface area contributed by atoms with Crippen LogP contribution in [0.5, 0.6) is 0 Å².